The maximum absolute atomic E-state index is 13.2. The van der Waals surface area contributed by atoms with E-state index in [4.69, 9.17) is 0 Å². The molecule has 3 aliphatic carbocycles. The Bertz CT molecular complexity index is 278. The number of hydrogen-bond donors (Lipinski definition) is 0. The molecule has 0 spiro atoms. The normalized spacial score (nSPS) is 51.8. The summed E-state index contributed by atoms with van der Waals surface area (Å²) in [6.45, 7) is 0. The fourth-order valence-electron chi connectivity index (χ4n) is 3.02. The standard InChI is InChI=1S/C10H10F2/c11-10(12)4-3-8-6-1-2-7(5-6)9(8)10/h1-4,6-9H,5H2/t6-,7+,8-,9+/m0/s1. The van der Waals surface area contributed by atoms with Crippen LogP contribution in [0.1, 0.15) is 6.42 Å². The highest BCUT2D eigenvalue weighted by molar-refractivity contribution is 5.27. The zero-order chi connectivity index (χ0) is 8.34. The van der Waals surface area contributed by atoms with E-state index >= 15 is 0 Å². The molecule has 0 N–H and O–H groups in total. The molecule has 0 aromatic heterocycles. The van der Waals surface area contributed by atoms with E-state index in [2.05, 4.69) is 6.08 Å². The highest BCUT2D eigenvalue weighted by Gasteiger charge is 2.57. The van der Waals surface area contributed by atoms with Gasteiger partial charge in [0.25, 0.3) is 5.92 Å². The van der Waals surface area contributed by atoms with Crippen molar-refractivity contribution >= 4 is 0 Å². The van der Waals surface area contributed by atoms with Gasteiger partial charge in [0.15, 0.2) is 0 Å². The van der Waals surface area contributed by atoms with Crippen LogP contribution in [0.4, 0.5) is 8.78 Å². The maximum Gasteiger partial charge on any atom is 0.270 e. The van der Waals surface area contributed by atoms with Crippen molar-refractivity contribution in [2.24, 2.45) is 23.7 Å². The van der Waals surface area contributed by atoms with Gasteiger partial charge in [-0.3, -0.25) is 0 Å². The van der Waals surface area contributed by atoms with Crippen LogP contribution in [0.3, 0.4) is 0 Å². The Labute approximate surface area is 70.0 Å². The van der Waals surface area contributed by atoms with Crippen LogP contribution >= 0.6 is 0 Å². The number of rotatable bonds is 0. The van der Waals surface area contributed by atoms with Crippen molar-refractivity contribution in [3.63, 3.8) is 0 Å². The lowest BCUT2D eigenvalue weighted by molar-refractivity contribution is -0.0200. The van der Waals surface area contributed by atoms with Crippen LogP contribution < -0.4 is 0 Å². The molecule has 0 saturated heterocycles. The molecule has 1 saturated carbocycles. The summed E-state index contributed by atoms with van der Waals surface area (Å²) in [5.41, 5.74) is 0. The summed E-state index contributed by atoms with van der Waals surface area (Å²) in [4.78, 5) is 0. The van der Waals surface area contributed by atoms with Crippen LogP contribution in [-0.4, -0.2) is 5.92 Å². The first-order chi connectivity index (χ1) is 5.68. The number of halogens is 2. The summed E-state index contributed by atoms with van der Waals surface area (Å²) in [6, 6.07) is 0. The van der Waals surface area contributed by atoms with Gasteiger partial charge in [-0.05, 0) is 30.3 Å². The SMILES string of the molecule is FC1(F)C=C[C@@H]2[C@H]1[C@@H]1C=C[C@H]2C1. The van der Waals surface area contributed by atoms with Gasteiger partial charge in [-0.1, -0.05) is 18.2 Å². The molecule has 0 aromatic carbocycles. The van der Waals surface area contributed by atoms with Gasteiger partial charge in [-0.2, -0.15) is 0 Å². The predicted octanol–water partition coefficient (Wildman–Crippen LogP) is 2.63. The van der Waals surface area contributed by atoms with Gasteiger partial charge in [0.05, 0.1) is 0 Å². The van der Waals surface area contributed by atoms with Gasteiger partial charge in [0.2, 0.25) is 0 Å². The van der Waals surface area contributed by atoms with Crippen LogP contribution in [0, 0.1) is 23.7 Å². The van der Waals surface area contributed by atoms with Gasteiger partial charge < -0.3 is 0 Å². The van der Waals surface area contributed by atoms with Gasteiger partial charge >= 0.3 is 0 Å². The van der Waals surface area contributed by atoms with Crippen LogP contribution in [-0.2, 0) is 0 Å². The first-order valence-electron chi connectivity index (χ1n) is 4.44. The Morgan fingerprint density at radius 3 is 2.58 bits per heavy atom. The minimum absolute atomic E-state index is 0.134. The van der Waals surface area contributed by atoms with E-state index in [0.29, 0.717) is 5.92 Å². The van der Waals surface area contributed by atoms with E-state index in [1.54, 1.807) is 6.08 Å². The Balaban J connectivity index is 2.04. The van der Waals surface area contributed by atoms with E-state index in [0.717, 1.165) is 12.5 Å². The van der Waals surface area contributed by atoms with Crippen molar-refractivity contribution in [3.8, 4) is 0 Å². The fraction of sp³-hybridized carbons (Fsp3) is 0.600. The average molecular weight is 168 g/mol. The third-order valence-electron chi connectivity index (χ3n) is 3.51. The van der Waals surface area contributed by atoms with Gasteiger partial charge in [-0.15, -0.1) is 0 Å². The predicted molar refractivity (Wildman–Crippen MR) is 41.8 cm³/mol. The molecule has 64 valence electrons. The van der Waals surface area contributed by atoms with Crippen molar-refractivity contribution in [2.75, 3.05) is 0 Å². The third kappa shape index (κ3) is 0.621. The quantitative estimate of drug-likeness (QED) is 0.488. The van der Waals surface area contributed by atoms with Gasteiger partial charge in [0, 0.05) is 5.92 Å². The fourth-order valence-corrected chi connectivity index (χ4v) is 3.02. The molecular weight excluding hydrogens is 158 g/mol. The van der Waals surface area contributed by atoms with E-state index in [1.165, 1.54) is 0 Å². The van der Waals surface area contributed by atoms with Crippen LogP contribution in [0.15, 0.2) is 24.3 Å². The maximum atomic E-state index is 13.2. The summed E-state index contributed by atoms with van der Waals surface area (Å²) < 4.78 is 26.5. The monoisotopic (exact) mass is 168 g/mol. The van der Waals surface area contributed by atoms with E-state index in [9.17, 15) is 8.78 Å². The van der Waals surface area contributed by atoms with E-state index in [-0.39, 0.29) is 11.8 Å². The molecule has 12 heavy (non-hydrogen) atoms. The molecule has 3 aliphatic rings. The molecule has 0 heterocycles. The molecule has 0 radical (unpaired) electrons. The first kappa shape index (κ1) is 6.81. The molecule has 4 atom stereocenters. The average Bonchev–Trinajstić information content (AvgIpc) is 2.61. The molecule has 3 rings (SSSR count). The highest BCUT2D eigenvalue weighted by Crippen LogP contribution is 2.57. The molecule has 0 unspecified atom stereocenters. The second-order valence-corrected chi connectivity index (χ2v) is 4.09. The number of allylic oxidation sites excluding steroid dienone is 4. The van der Waals surface area contributed by atoms with E-state index < -0.39 is 11.8 Å². The molecular formula is C10H10F2. The minimum atomic E-state index is -2.53. The second kappa shape index (κ2) is 1.81. The molecule has 0 aromatic rings. The van der Waals surface area contributed by atoms with Crippen molar-refractivity contribution in [1.29, 1.82) is 0 Å². The van der Waals surface area contributed by atoms with Gasteiger partial charge in [-0.25, -0.2) is 8.78 Å². The summed E-state index contributed by atoms with van der Waals surface area (Å²) in [5, 5.41) is 0. The molecule has 1 fully saturated rings. The summed E-state index contributed by atoms with van der Waals surface area (Å²) in [7, 11) is 0. The second-order valence-electron chi connectivity index (χ2n) is 4.09. The molecule has 0 amide bonds. The topological polar surface area (TPSA) is 0 Å². The summed E-state index contributed by atoms with van der Waals surface area (Å²) >= 11 is 0. The zero-order valence-corrected chi connectivity index (χ0v) is 6.58. The van der Waals surface area contributed by atoms with Crippen LogP contribution in [0.5, 0.6) is 0 Å². The van der Waals surface area contributed by atoms with Crippen LogP contribution in [0.2, 0.25) is 0 Å². The minimum Gasteiger partial charge on any atom is -0.202 e. The lowest BCUT2D eigenvalue weighted by atomic mass is 9.84. The summed E-state index contributed by atoms with van der Waals surface area (Å²) in [5.74, 6) is -2.26. The van der Waals surface area contributed by atoms with Gasteiger partial charge in [0.1, 0.15) is 0 Å². The van der Waals surface area contributed by atoms with Crippen molar-refractivity contribution in [1.82, 2.24) is 0 Å². The first-order valence-corrected chi connectivity index (χ1v) is 4.44. The molecule has 0 aliphatic heterocycles. The van der Waals surface area contributed by atoms with Crippen molar-refractivity contribution < 1.29 is 8.78 Å². The molecule has 2 heteroatoms. The van der Waals surface area contributed by atoms with Crippen LogP contribution in [0.25, 0.3) is 0 Å². The number of fused-ring (bicyclic) bond motifs is 5. The lowest BCUT2D eigenvalue weighted by Crippen LogP contribution is -2.29. The highest BCUT2D eigenvalue weighted by atomic mass is 19.3. The summed E-state index contributed by atoms with van der Waals surface area (Å²) in [6.07, 6.45) is 7.87. The third-order valence-corrected chi connectivity index (χ3v) is 3.51. The molecule has 2 bridgehead atoms. The Hall–Kier alpha value is -0.660. The smallest absolute Gasteiger partial charge is 0.202 e. The lowest BCUT2D eigenvalue weighted by Gasteiger charge is -2.25. The van der Waals surface area contributed by atoms with Crippen molar-refractivity contribution in [3.05, 3.63) is 24.3 Å². The molecule has 0 nitrogen and oxygen atoms in total. The number of alkyl halides is 2. The Kier molecular flexibility index (Phi) is 1.03. The van der Waals surface area contributed by atoms with Crippen molar-refractivity contribution in [2.45, 2.75) is 12.3 Å². The zero-order valence-electron chi connectivity index (χ0n) is 6.58. The van der Waals surface area contributed by atoms with E-state index in [1.807, 2.05) is 6.08 Å². The largest absolute Gasteiger partial charge is 0.270 e. The Morgan fingerprint density at radius 2 is 1.83 bits per heavy atom. The number of hydrogen-bond acceptors (Lipinski definition) is 0. The Morgan fingerprint density at radius 1 is 1.08 bits per heavy atom.